The van der Waals surface area contributed by atoms with E-state index in [-0.39, 0.29) is 0 Å². The lowest BCUT2D eigenvalue weighted by Gasteiger charge is -2.11. The number of furan rings is 2. The number of nitrogens with zero attached hydrogens (tertiary/aromatic N) is 2. The monoisotopic (exact) mass is 680 g/mol. The van der Waals surface area contributed by atoms with E-state index in [1.54, 1.807) is 0 Å². The van der Waals surface area contributed by atoms with Crippen molar-refractivity contribution in [2.45, 2.75) is 6.92 Å². The molecule has 0 saturated carbocycles. The summed E-state index contributed by atoms with van der Waals surface area (Å²) < 4.78 is 17.4. The first-order chi connectivity index (χ1) is 26.2. The van der Waals surface area contributed by atoms with Crippen molar-refractivity contribution < 1.29 is 8.83 Å². The van der Waals surface area contributed by atoms with Crippen LogP contribution in [-0.2, 0) is 0 Å². The van der Waals surface area contributed by atoms with E-state index in [9.17, 15) is 0 Å². The zero-order valence-corrected chi connectivity index (χ0v) is 29.0. The predicted octanol–water partition coefficient (Wildman–Crippen LogP) is 12.0. The van der Waals surface area contributed by atoms with Crippen molar-refractivity contribution in [3.63, 3.8) is 0 Å². The molecular formula is C49H32N2O2. The third kappa shape index (κ3) is 4.18. The average molecular weight is 681 g/mol. The number of benzene rings is 7. The molecular weight excluding hydrogens is 649 g/mol. The molecule has 0 radical (unpaired) electrons. The summed E-state index contributed by atoms with van der Waals surface area (Å²) in [7, 11) is 0. The minimum absolute atomic E-state index is 0.874. The highest BCUT2D eigenvalue weighted by molar-refractivity contribution is 6.15. The summed E-state index contributed by atoms with van der Waals surface area (Å²) in [5, 5.41) is 10.3. The van der Waals surface area contributed by atoms with Gasteiger partial charge in [0.1, 0.15) is 22.3 Å². The molecule has 250 valence electrons. The largest absolute Gasteiger partial charge is 0.456 e. The van der Waals surface area contributed by atoms with Gasteiger partial charge >= 0.3 is 0 Å². The summed E-state index contributed by atoms with van der Waals surface area (Å²) in [6, 6.07) is 51.7. The van der Waals surface area contributed by atoms with Crippen LogP contribution in [0.15, 0.2) is 167 Å². The number of allylic oxidation sites excluding steroid dienone is 1. The van der Waals surface area contributed by atoms with Gasteiger partial charge in [-0.15, -0.1) is 0 Å². The van der Waals surface area contributed by atoms with E-state index in [4.69, 9.17) is 8.83 Å². The van der Waals surface area contributed by atoms with Crippen molar-refractivity contribution in [2.75, 3.05) is 0 Å². The highest BCUT2D eigenvalue weighted by Crippen LogP contribution is 2.40. The van der Waals surface area contributed by atoms with Gasteiger partial charge in [-0.05, 0) is 90.9 Å². The number of rotatable bonds is 4. The van der Waals surface area contributed by atoms with Gasteiger partial charge in [-0.2, -0.15) is 0 Å². The molecule has 53 heavy (non-hydrogen) atoms. The summed E-state index contributed by atoms with van der Waals surface area (Å²) in [6.45, 7) is 6.22. The van der Waals surface area contributed by atoms with Crippen LogP contribution in [0.3, 0.4) is 0 Å². The van der Waals surface area contributed by atoms with Crippen LogP contribution >= 0.6 is 0 Å². The molecule has 0 spiro atoms. The van der Waals surface area contributed by atoms with E-state index in [0.29, 0.717) is 0 Å². The van der Waals surface area contributed by atoms with Crippen LogP contribution in [0.25, 0.3) is 111 Å². The molecule has 0 aliphatic heterocycles. The first-order valence-electron chi connectivity index (χ1n) is 18.0. The van der Waals surface area contributed by atoms with Gasteiger partial charge in [0.2, 0.25) is 0 Å². The molecule has 11 aromatic rings. The van der Waals surface area contributed by atoms with Crippen molar-refractivity contribution in [1.82, 2.24) is 9.13 Å². The summed E-state index contributed by atoms with van der Waals surface area (Å²) in [4.78, 5) is 0. The quantitative estimate of drug-likeness (QED) is 0.185. The number of fused-ring (bicyclic) bond motifs is 10. The van der Waals surface area contributed by atoms with Crippen LogP contribution < -0.4 is 10.6 Å². The number of hydrogen-bond donors (Lipinski definition) is 0. The van der Waals surface area contributed by atoms with Gasteiger partial charge in [0.05, 0.1) is 44.0 Å². The van der Waals surface area contributed by atoms with E-state index in [1.807, 2.05) is 30.3 Å². The molecule has 11 rings (SSSR count). The molecule has 0 unspecified atom stereocenters. The van der Waals surface area contributed by atoms with Gasteiger partial charge in [0.15, 0.2) is 0 Å². The third-order valence-corrected chi connectivity index (χ3v) is 10.9. The average Bonchev–Trinajstić information content (AvgIpc) is 3.95. The molecule has 0 amide bonds. The Bertz CT molecular complexity index is 3440. The second-order valence-corrected chi connectivity index (χ2v) is 13.6. The van der Waals surface area contributed by atoms with Crippen LogP contribution in [0.4, 0.5) is 0 Å². The van der Waals surface area contributed by atoms with E-state index in [2.05, 4.69) is 156 Å². The molecule has 4 heteroatoms. The SMILES string of the molecule is C=C/C=c1\c(=C/C)c2cc(-c3ccc4c(c3)c3ccccc3n4-c3cccc4oc5ccccc5c34)ccc2n1-c1cccc2oc3ccccc3c12. The molecule has 4 heterocycles. The maximum Gasteiger partial charge on any atom is 0.137 e. The highest BCUT2D eigenvalue weighted by Gasteiger charge is 2.20. The van der Waals surface area contributed by atoms with Gasteiger partial charge in [0.25, 0.3) is 0 Å². The molecule has 0 N–H and O–H groups in total. The van der Waals surface area contributed by atoms with E-state index >= 15 is 0 Å². The molecule has 0 fully saturated rings. The van der Waals surface area contributed by atoms with Crippen LogP contribution in [0.1, 0.15) is 6.92 Å². The Hall–Kier alpha value is -7.04. The molecule has 4 nitrogen and oxygen atoms in total. The van der Waals surface area contributed by atoms with Crippen molar-refractivity contribution in [3.05, 3.63) is 169 Å². The number of para-hydroxylation sites is 3. The molecule has 0 saturated heterocycles. The Kier molecular flexibility index (Phi) is 6.29. The summed E-state index contributed by atoms with van der Waals surface area (Å²) in [6.07, 6.45) is 6.20. The normalized spacial score (nSPS) is 12.9. The molecule has 7 aromatic carbocycles. The van der Waals surface area contributed by atoms with Crippen molar-refractivity contribution in [2.24, 2.45) is 0 Å². The lowest BCUT2D eigenvalue weighted by Crippen LogP contribution is -2.28. The van der Waals surface area contributed by atoms with Gasteiger partial charge in [-0.25, -0.2) is 0 Å². The molecule has 4 aromatic heterocycles. The van der Waals surface area contributed by atoms with Gasteiger partial charge < -0.3 is 18.0 Å². The summed E-state index contributed by atoms with van der Waals surface area (Å²) in [5.74, 6) is 0. The zero-order chi connectivity index (χ0) is 35.2. The van der Waals surface area contributed by atoms with Crippen LogP contribution in [-0.4, -0.2) is 9.13 Å². The lowest BCUT2D eigenvalue weighted by molar-refractivity contribution is 0.668. The van der Waals surface area contributed by atoms with E-state index < -0.39 is 0 Å². The van der Waals surface area contributed by atoms with Gasteiger partial charge in [-0.1, -0.05) is 97.6 Å². The Morgan fingerprint density at radius 1 is 0.472 bits per heavy atom. The topological polar surface area (TPSA) is 36.1 Å². The fourth-order valence-corrected chi connectivity index (χ4v) is 8.65. The smallest absolute Gasteiger partial charge is 0.137 e. The number of aromatic nitrogens is 2. The molecule has 0 bridgehead atoms. The van der Waals surface area contributed by atoms with Crippen LogP contribution in [0.5, 0.6) is 0 Å². The van der Waals surface area contributed by atoms with Crippen molar-refractivity contribution >= 4 is 88.7 Å². The zero-order valence-electron chi connectivity index (χ0n) is 29.0. The minimum atomic E-state index is 0.874. The maximum absolute atomic E-state index is 6.31. The molecule has 0 aliphatic rings. The van der Waals surface area contributed by atoms with E-state index in [1.165, 1.54) is 32.5 Å². The Labute approximate surface area is 304 Å². The Morgan fingerprint density at radius 3 is 1.60 bits per heavy atom. The fraction of sp³-hybridized carbons (Fsp3) is 0.0204. The standard InChI is InChI=1S/C49H32N2O2/c1-3-13-38-32(4-2)36-28-30(24-26-40(36)50(38)42-18-11-22-46-48(42)34-15-6-9-20-44(34)52-46)31-25-27-41-37(29-31)33-14-5-8-17-39(33)51(41)43-19-12-23-47-49(43)35-16-7-10-21-45(35)53-47/h3-29H,1H2,2H3/b32-4-,38-13+. The Balaban J connectivity index is 1.14. The summed E-state index contributed by atoms with van der Waals surface area (Å²) >= 11 is 0. The fourth-order valence-electron chi connectivity index (χ4n) is 8.65. The molecule has 0 atom stereocenters. The maximum atomic E-state index is 6.31. The van der Waals surface area contributed by atoms with E-state index in [0.717, 1.165) is 77.2 Å². The molecule has 0 aliphatic carbocycles. The van der Waals surface area contributed by atoms with Crippen LogP contribution in [0, 0.1) is 0 Å². The van der Waals surface area contributed by atoms with Crippen molar-refractivity contribution in [1.29, 1.82) is 0 Å². The lowest BCUT2D eigenvalue weighted by atomic mass is 10.0. The minimum Gasteiger partial charge on any atom is -0.456 e. The second-order valence-electron chi connectivity index (χ2n) is 13.6. The number of hydrogen-bond acceptors (Lipinski definition) is 2. The van der Waals surface area contributed by atoms with Crippen LogP contribution in [0.2, 0.25) is 0 Å². The van der Waals surface area contributed by atoms with Gasteiger partial charge in [0, 0.05) is 32.1 Å². The first kappa shape index (κ1) is 29.7. The Morgan fingerprint density at radius 2 is 0.981 bits per heavy atom. The van der Waals surface area contributed by atoms with Crippen molar-refractivity contribution in [3.8, 4) is 22.5 Å². The predicted molar refractivity (Wildman–Crippen MR) is 222 cm³/mol. The summed E-state index contributed by atoms with van der Waals surface area (Å²) in [5.41, 5.74) is 11.5. The third-order valence-electron chi connectivity index (χ3n) is 10.9. The second kappa shape index (κ2) is 11.2. The first-order valence-corrected chi connectivity index (χ1v) is 18.0. The van der Waals surface area contributed by atoms with Gasteiger partial charge in [-0.3, -0.25) is 0 Å². The highest BCUT2D eigenvalue weighted by atomic mass is 16.3.